The number of methoxy groups -OCH3 is 1. The average Bonchev–Trinajstić information content (AvgIpc) is 2.83. The average molecular weight is 605 g/mol. The van der Waals surface area contributed by atoms with Gasteiger partial charge in [-0.2, -0.15) is 0 Å². The summed E-state index contributed by atoms with van der Waals surface area (Å²) in [4.78, 5) is 25.2. The monoisotopic (exact) mass is 603 g/mol. The second-order valence-electron chi connectivity index (χ2n) is 7.30. The largest absolute Gasteiger partial charge is 0.508 e. The summed E-state index contributed by atoms with van der Waals surface area (Å²) in [6.45, 7) is 0. The van der Waals surface area contributed by atoms with Crippen molar-refractivity contribution in [3.05, 3.63) is 93.4 Å². The van der Waals surface area contributed by atoms with Gasteiger partial charge in [-0.05, 0) is 60.7 Å². The lowest BCUT2D eigenvalue weighted by Gasteiger charge is -2.25. The number of hydrogen-bond acceptors (Lipinski definition) is 6. The van der Waals surface area contributed by atoms with Crippen LogP contribution >= 0.6 is 31.9 Å². The summed E-state index contributed by atoms with van der Waals surface area (Å²) < 4.78 is 12.7. The second kappa shape index (κ2) is 12.4. The number of halogens is 2. The minimum Gasteiger partial charge on any atom is -0.508 e. The normalized spacial score (nSPS) is 12.7. The minimum absolute atomic E-state index is 0.105. The summed E-state index contributed by atoms with van der Waals surface area (Å²) >= 11 is 6.70. The predicted molar refractivity (Wildman–Crippen MR) is 142 cm³/mol. The third-order valence-corrected chi connectivity index (χ3v) is 5.87. The fourth-order valence-electron chi connectivity index (χ4n) is 3.13. The number of phenols is 1. The van der Waals surface area contributed by atoms with Gasteiger partial charge in [-0.15, -0.1) is 0 Å². The fourth-order valence-corrected chi connectivity index (χ4v) is 3.77. The van der Waals surface area contributed by atoms with Crippen LogP contribution in [0, 0.1) is 0 Å². The zero-order chi connectivity index (χ0) is 25.4. The van der Waals surface area contributed by atoms with Gasteiger partial charge >= 0.3 is 6.09 Å². The lowest BCUT2D eigenvalue weighted by molar-refractivity contribution is -0.112. The summed E-state index contributed by atoms with van der Waals surface area (Å²) in [6, 6.07) is 18.5. The SMILES string of the molecule is CO[C@H](/C=C/C(=O)Nc1ccccc1N)[C@H](OC(=O)Nc1ccc(Br)cc1)c1cc(Br)ccc1O. The molecule has 8 nitrogen and oxygen atoms in total. The number of amides is 2. The standard InChI is InChI=1S/C25H23Br2N3O5/c1-34-22(12-13-23(32)30-20-5-3-2-4-19(20)28)24(18-14-16(27)8-11-21(18)31)35-25(33)29-17-9-6-15(26)7-10-17/h2-14,22,24,31H,28H2,1H3,(H,29,33)(H,30,32)/b13-12+/t22-,24-/m1/s1. The van der Waals surface area contributed by atoms with Gasteiger partial charge in [0, 0.05) is 33.4 Å². The van der Waals surface area contributed by atoms with Crippen molar-refractivity contribution in [2.45, 2.75) is 12.2 Å². The Kier molecular flexibility index (Phi) is 9.30. The Bertz CT molecular complexity index is 1220. The molecular weight excluding hydrogens is 582 g/mol. The Balaban J connectivity index is 1.83. The van der Waals surface area contributed by atoms with Crippen LogP contribution in [0.25, 0.3) is 0 Å². The molecule has 0 saturated heterocycles. The Labute approximate surface area is 219 Å². The summed E-state index contributed by atoms with van der Waals surface area (Å²) in [6.07, 6.45) is -0.0810. The molecule has 0 saturated carbocycles. The van der Waals surface area contributed by atoms with Gasteiger partial charge < -0.3 is 25.6 Å². The number of benzene rings is 3. The van der Waals surface area contributed by atoms with E-state index in [0.29, 0.717) is 21.5 Å². The van der Waals surface area contributed by atoms with Crippen LogP contribution in [0.3, 0.4) is 0 Å². The Morgan fingerprint density at radius 1 is 1.00 bits per heavy atom. The summed E-state index contributed by atoms with van der Waals surface area (Å²) in [5, 5.41) is 15.8. The van der Waals surface area contributed by atoms with Gasteiger partial charge in [0.2, 0.25) is 5.91 Å². The third-order valence-electron chi connectivity index (χ3n) is 4.85. The van der Waals surface area contributed by atoms with Gasteiger partial charge in [-0.3, -0.25) is 10.1 Å². The number of nitrogen functional groups attached to an aromatic ring is 1. The number of nitrogens with two attached hydrogens (primary N) is 1. The fraction of sp³-hybridized carbons (Fsp3) is 0.120. The Morgan fingerprint density at radius 2 is 1.69 bits per heavy atom. The van der Waals surface area contributed by atoms with Gasteiger partial charge in [0.15, 0.2) is 6.10 Å². The van der Waals surface area contributed by atoms with Crippen molar-refractivity contribution in [2.75, 3.05) is 23.5 Å². The van der Waals surface area contributed by atoms with E-state index in [-0.39, 0.29) is 11.3 Å². The molecule has 0 unspecified atom stereocenters. The molecular formula is C25H23Br2N3O5. The predicted octanol–water partition coefficient (Wildman–Crippen LogP) is 6.00. The Hall–Kier alpha value is -3.34. The van der Waals surface area contributed by atoms with Crippen molar-refractivity contribution < 1.29 is 24.2 Å². The van der Waals surface area contributed by atoms with E-state index in [0.717, 1.165) is 4.47 Å². The van der Waals surface area contributed by atoms with Crippen molar-refractivity contribution in [3.8, 4) is 5.75 Å². The van der Waals surface area contributed by atoms with E-state index < -0.39 is 24.2 Å². The van der Waals surface area contributed by atoms with Crippen molar-refractivity contribution in [1.29, 1.82) is 0 Å². The topological polar surface area (TPSA) is 123 Å². The molecule has 0 bridgehead atoms. The maximum atomic E-state index is 12.7. The molecule has 0 aromatic heterocycles. The van der Waals surface area contributed by atoms with Crippen LogP contribution in [0.15, 0.2) is 87.8 Å². The van der Waals surface area contributed by atoms with Crippen molar-refractivity contribution >= 4 is 60.9 Å². The minimum atomic E-state index is -1.08. The van der Waals surface area contributed by atoms with Crippen molar-refractivity contribution in [3.63, 3.8) is 0 Å². The first kappa shape index (κ1) is 26.3. The molecule has 3 rings (SSSR count). The first-order valence-corrected chi connectivity index (χ1v) is 11.9. The number of aromatic hydroxyl groups is 1. The molecule has 5 N–H and O–H groups in total. The number of para-hydroxylation sites is 2. The van der Waals surface area contributed by atoms with Crippen molar-refractivity contribution in [1.82, 2.24) is 0 Å². The van der Waals surface area contributed by atoms with Crippen LogP contribution in [0.4, 0.5) is 21.9 Å². The number of nitrogens with one attached hydrogen (secondary N) is 2. The molecule has 3 aromatic carbocycles. The molecule has 10 heteroatoms. The highest BCUT2D eigenvalue weighted by molar-refractivity contribution is 9.10. The lowest BCUT2D eigenvalue weighted by atomic mass is 10.0. The van der Waals surface area contributed by atoms with Crippen LogP contribution in [0.1, 0.15) is 11.7 Å². The summed E-state index contributed by atoms with van der Waals surface area (Å²) in [5.74, 6) is -0.562. The molecule has 0 radical (unpaired) electrons. The quantitative estimate of drug-likeness (QED) is 0.185. The zero-order valence-corrected chi connectivity index (χ0v) is 21.7. The number of ether oxygens (including phenoxy) is 2. The smallest absolute Gasteiger partial charge is 0.412 e. The number of rotatable bonds is 8. The van der Waals surface area contributed by atoms with Gasteiger partial charge in [0.1, 0.15) is 11.9 Å². The number of carbonyl (C=O) groups is 2. The van der Waals surface area contributed by atoms with Crippen molar-refractivity contribution in [2.24, 2.45) is 0 Å². The van der Waals surface area contributed by atoms with Crippen LogP contribution < -0.4 is 16.4 Å². The Morgan fingerprint density at radius 3 is 2.37 bits per heavy atom. The van der Waals surface area contributed by atoms with Gasteiger partial charge in [0.25, 0.3) is 0 Å². The lowest BCUT2D eigenvalue weighted by Crippen LogP contribution is -2.27. The molecule has 2 atom stereocenters. The van der Waals surface area contributed by atoms with Crippen LogP contribution in [0.5, 0.6) is 5.75 Å². The van der Waals surface area contributed by atoms with E-state index in [1.807, 2.05) is 0 Å². The van der Waals surface area contributed by atoms with Crippen LogP contribution in [-0.2, 0) is 14.3 Å². The molecule has 35 heavy (non-hydrogen) atoms. The van der Waals surface area contributed by atoms with Gasteiger partial charge in [-0.25, -0.2) is 4.79 Å². The summed E-state index contributed by atoms with van der Waals surface area (Å²) in [7, 11) is 1.40. The number of carbonyl (C=O) groups excluding carboxylic acids is 2. The van der Waals surface area contributed by atoms with Gasteiger partial charge in [-0.1, -0.05) is 44.0 Å². The molecule has 0 aliphatic heterocycles. The highest BCUT2D eigenvalue weighted by Crippen LogP contribution is 2.34. The maximum absolute atomic E-state index is 12.7. The number of hydrogen-bond donors (Lipinski definition) is 4. The first-order chi connectivity index (χ1) is 16.8. The third kappa shape index (κ3) is 7.57. The second-order valence-corrected chi connectivity index (χ2v) is 9.13. The first-order valence-electron chi connectivity index (χ1n) is 10.3. The van der Waals surface area contributed by atoms with E-state index in [2.05, 4.69) is 42.5 Å². The molecule has 0 aliphatic carbocycles. The summed E-state index contributed by atoms with van der Waals surface area (Å²) in [5.41, 5.74) is 7.55. The van der Waals surface area contributed by atoms with E-state index in [4.69, 9.17) is 15.2 Å². The molecule has 3 aromatic rings. The molecule has 182 valence electrons. The van der Waals surface area contributed by atoms with E-state index in [1.165, 1.54) is 25.3 Å². The van der Waals surface area contributed by atoms with Gasteiger partial charge in [0.05, 0.1) is 11.4 Å². The highest BCUT2D eigenvalue weighted by atomic mass is 79.9. The molecule has 0 heterocycles. The molecule has 0 spiro atoms. The van der Waals surface area contributed by atoms with Crippen LogP contribution in [-0.4, -0.2) is 30.3 Å². The number of phenolic OH excluding ortho intramolecular Hbond substituents is 1. The zero-order valence-electron chi connectivity index (χ0n) is 18.6. The highest BCUT2D eigenvalue weighted by Gasteiger charge is 2.28. The molecule has 2 amide bonds. The maximum Gasteiger partial charge on any atom is 0.412 e. The van der Waals surface area contributed by atoms with Crippen LogP contribution in [0.2, 0.25) is 0 Å². The van der Waals surface area contributed by atoms with E-state index in [9.17, 15) is 14.7 Å². The number of anilines is 3. The molecule has 0 fully saturated rings. The molecule has 0 aliphatic rings. The van der Waals surface area contributed by atoms with E-state index in [1.54, 1.807) is 60.7 Å². The van der Waals surface area contributed by atoms with E-state index >= 15 is 0 Å².